The summed E-state index contributed by atoms with van der Waals surface area (Å²) in [5.41, 5.74) is 0.739. The number of hydrogen-bond donors (Lipinski definition) is 2. The largest absolute Gasteiger partial charge is 0.496 e. The van der Waals surface area contributed by atoms with Gasteiger partial charge in [0, 0.05) is 11.6 Å². The van der Waals surface area contributed by atoms with Crippen LogP contribution in [0.1, 0.15) is 0 Å². The van der Waals surface area contributed by atoms with Crippen molar-refractivity contribution in [2.75, 3.05) is 7.11 Å². The average Bonchev–Trinajstić information content (AvgIpc) is 2.65. The molecule has 1 aromatic carbocycles. The van der Waals surface area contributed by atoms with Crippen molar-refractivity contribution in [3.8, 4) is 17.0 Å². The summed E-state index contributed by atoms with van der Waals surface area (Å²) in [5, 5.41) is 5.02. The first-order valence-corrected chi connectivity index (χ1v) is 4.32. The number of rotatable bonds is 2. The van der Waals surface area contributed by atoms with Crippen LogP contribution in [0.3, 0.4) is 0 Å². The molecule has 78 valence electrons. The summed E-state index contributed by atoms with van der Waals surface area (Å²) in [5.74, 6) is 0.125. The SMILES string of the molecule is COc1ccc(F)cc1-c1cc(=O)[nH][nH]1. The first kappa shape index (κ1) is 9.51. The number of aromatic nitrogens is 2. The number of methoxy groups -OCH3 is 1. The van der Waals surface area contributed by atoms with E-state index in [2.05, 4.69) is 10.2 Å². The standard InChI is InChI=1S/C10H9FN2O2/c1-15-9-3-2-6(11)4-7(9)8-5-10(14)13-12-8/h2-5H,1H3,(H2,12,13,14). The number of H-pyrrole nitrogens is 2. The molecule has 0 saturated heterocycles. The fourth-order valence-corrected chi connectivity index (χ4v) is 1.37. The summed E-state index contributed by atoms with van der Waals surface area (Å²) in [6.07, 6.45) is 0. The third-order valence-electron chi connectivity index (χ3n) is 2.05. The molecular weight excluding hydrogens is 199 g/mol. The smallest absolute Gasteiger partial charge is 0.264 e. The highest BCUT2D eigenvalue weighted by molar-refractivity contribution is 5.66. The van der Waals surface area contributed by atoms with Crippen molar-refractivity contribution in [3.05, 3.63) is 40.4 Å². The number of halogens is 1. The third kappa shape index (κ3) is 1.76. The van der Waals surface area contributed by atoms with E-state index in [9.17, 15) is 9.18 Å². The molecule has 0 saturated carbocycles. The fraction of sp³-hybridized carbons (Fsp3) is 0.100. The molecule has 1 heterocycles. The van der Waals surface area contributed by atoms with E-state index >= 15 is 0 Å². The Morgan fingerprint density at radius 2 is 2.07 bits per heavy atom. The molecule has 0 amide bonds. The molecule has 0 bridgehead atoms. The van der Waals surface area contributed by atoms with Gasteiger partial charge in [-0.3, -0.25) is 15.0 Å². The zero-order valence-corrected chi connectivity index (χ0v) is 8.00. The summed E-state index contributed by atoms with van der Waals surface area (Å²) in [6, 6.07) is 5.46. The minimum absolute atomic E-state index is 0.267. The van der Waals surface area contributed by atoms with Crippen LogP contribution in [0.4, 0.5) is 4.39 Å². The molecule has 15 heavy (non-hydrogen) atoms. The van der Waals surface area contributed by atoms with Crippen LogP contribution in [-0.4, -0.2) is 17.3 Å². The third-order valence-corrected chi connectivity index (χ3v) is 2.05. The predicted octanol–water partition coefficient (Wildman–Crippen LogP) is 1.52. The normalized spacial score (nSPS) is 10.3. The molecule has 2 rings (SSSR count). The molecule has 2 aromatic rings. The zero-order chi connectivity index (χ0) is 10.8. The van der Waals surface area contributed by atoms with E-state index in [1.165, 1.54) is 31.4 Å². The second kappa shape index (κ2) is 3.61. The van der Waals surface area contributed by atoms with Gasteiger partial charge >= 0.3 is 0 Å². The van der Waals surface area contributed by atoms with Crippen molar-refractivity contribution in [2.24, 2.45) is 0 Å². The highest BCUT2D eigenvalue weighted by Crippen LogP contribution is 2.27. The van der Waals surface area contributed by atoms with Gasteiger partial charge in [-0.15, -0.1) is 0 Å². The summed E-state index contributed by atoms with van der Waals surface area (Å²) in [7, 11) is 1.49. The molecule has 0 radical (unpaired) electrons. The maximum Gasteiger partial charge on any atom is 0.264 e. The predicted molar refractivity (Wildman–Crippen MR) is 53.4 cm³/mol. The van der Waals surface area contributed by atoms with Crippen LogP contribution in [0.15, 0.2) is 29.1 Å². The van der Waals surface area contributed by atoms with Gasteiger partial charge in [0.2, 0.25) is 0 Å². The highest BCUT2D eigenvalue weighted by Gasteiger charge is 2.08. The highest BCUT2D eigenvalue weighted by atomic mass is 19.1. The van der Waals surface area contributed by atoms with Crippen LogP contribution in [0.25, 0.3) is 11.3 Å². The molecular formula is C10H9FN2O2. The Hall–Kier alpha value is -2.04. The molecule has 0 unspecified atom stereocenters. The first-order chi connectivity index (χ1) is 7.20. The molecule has 0 aliphatic rings. The van der Waals surface area contributed by atoms with E-state index in [4.69, 9.17) is 4.74 Å². The molecule has 0 spiro atoms. The minimum atomic E-state index is -0.382. The van der Waals surface area contributed by atoms with Crippen molar-refractivity contribution in [1.29, 1.82) is 0 Å². The lowest BCUT2D eigenvalue weighted by Gasteiger charge is -2.05. The van der Waals surface area contributed by atoms with Gasteiger partial charge in [-0.2, -0.15) is 0 Å². The van der Waals surface area contributed by atoms with Gasteiger partial charge in [0.1, 0.15) is 11.6 Å². The number of ether oxygens (including phenoxy) is 1. The Bertz CT molecular complexity index is 530. The Labute approximate surface area is 84.7 Å². The van der Waals surface area contributed by atoms with Crippen molar-refractivity contribution in [2.45, 2.75) is 0 Å². The molecule has 2 N–H and O–H groups in total. The molecule has 1 aromatic heterocycles. The first-order valence-electron chi connectivity index (χ1n) is 4.32. The monoisotopic (exact) mass is 208 g/mol. The van der Waals surface area contributed by atoms with Crippen LogP contribution in [-0.2, 0) is 0 Å². The quantitative estimate of drug-likeness (QED) is 0.786. The molecule has 0 atom stereocenters. The topological polar surface area (TPSA) is 57.9 Å². The molecule has 0 aliphatic carbocycles. The van der Waals surface area contributed by atoms with Crippen LogP contribution < -0.4 is 10.3 Å². The summed E-state index contributed by atoms with van der Waals surface area (Å²) in [4.78, 5) is 10.9. The summed E-state index contributed by atoms with van der Waals surface area (Å²) in [6.45, 7) is 0. The molecule has 0 fully saturated rings. The van der Waals surface area contributed by atoms with Crippen molar-refractivity contribution < 1.29 is 9.13 Å². The average molecular weight is 208 g/mol. The van der Waals surface area contributed by atoms with E-state index in [1.807, 2.05) is 0 Å². The van der Waals surface area contributed by atoms with Crippen LogP contribution in [0.2, 0.25) is 0 Å². The number of benzene rings is 1. The second-order valence-corrected chi connectivity index (χ2v) is 3.02. The van der Waals surface area contributed by atoms with Gasteiger partial charge in [-0.25, -0.2) is 4.39 Å². The Kier molecular flexibility index (Phi) is 2.29. The maximum atomic E-state index is 13.0. The van der Waals surface area contributed by atoms with Crippen LogP contribution in [0, 0.1) is 5.82 Å². The molecule has 4 nitrogen and oxygen atoms in total. The lowest BCUT2D eigenvalue weighted by atomic mass is 10.1. The van der Waals surface area contributed by atoms with Gasteiger partial charge in [0.15, 0.2) is 0 Å². The van der Waals surface area contributed by atoms with E-state index in [0.717, 1.165) is 0 Å². The Balaban J connectivity index is 2.59. The van der Waals surface area contributed by atoms with Gasteiger partial charge < -0.3 is 4.74 Å². The van der Waals surface area contributed by atoms with Crippen LogP contribution >= 0.6 is 0 Å². The van der Waals surface area contributed by atoms with Gasteiger partial charge in [0.05, 0.1) is 12.8 Å². The van der Waals surface area contributed by atoms with Crippen molar-refractivity contribution >= 4 is 0 Å². The molecule has 0 aliphatic heterocycles. The van der Waals surface area contributed by atoms with Crippen LogP contribution in [0.5, 0.6) is 5.75 Å². The number of aromatic amines is 2. The summed E-state index contributed by atoms with van der Waals surface area (Å²) >= 11 is 0. The zero-order valence-electron chi connectivity index (χ0n) is 8.00. The lowest BCUT2D eigenvalue weighted by Crippen LogP contribution is -1.93. The van der Waals surface area contributed by atoms with E-state index in [1.54, 1.807) is 0 Å². The number of hydrogen-bond acceptors (Lipinski definition) is 2. The molecule has 5 heteroatoms. The van der Waals surface area contributed by atoms with Gasteiger partial charge in [-0.05, 0) is 18.2 Å². The van der Waals surface area contributed by atoms with Crippen molar-refractivity contribution in [1.82, 2.24) is 10.2 Å². The van der Waals surface area contributed by atoms with Crippen molar-refractivity contribution in [3.63, 3.8) is 0 Å². The van der Waals surface area contributed by atoms with E-state index in [0.29, 0.717) is 17.0 Å². The Morgan fingerprint density at radius 3 is 2.67 bits per heavy atom. The second-order valence-electron chi connectivity index (χ2n) is 3.02. The fourth-order valence-electron chi connectivity index (χ4n) is 1.37. The Morgan fingerprint density at radius 1 is 1.27 bits per heavy atom. The number of nitrogens with one attached hydrogen (secondary N) is 2. The van der Waals surface area contributed by atoms with Gasteiger partial charge in [-0.1, -0.05) is 0 Å². The van der Waals surface area contributed by atoms with Gasteiger partial charge in [0.25, 0.3) is 5.56 Å². The van der Waals surface area contributed by atoms with E-state index < -0.39 is 0 Å². The minimum Gasteiger partial charge on any atom is -0.496 e. The summed E-state index contributed by atoms with van der Waals surface area (Å²) < 4.78 is 18.1. The van der Waals surface area contributed by atoms with E-state index in [-0.39, 0.29) is 11.4 Å². The maximum absolute atomic E-state index is 13.0. The lowest BCUT2D eigenvalue weighted by molar-refractivity contribution is 0.415.